The Hall–Kier alpha value is -0.870. The molecular weight excluding hydrogens is 220 g/mol. The number of nitrogens with zero attached hydrogens (tertiary/aromatic N) is 2. The first-order valence-corrected chi connectivity index (χ1v) is 5.74. The Labute approximate surface area is 90.7 Å². The first kappa shape index (κ1) is 9.68. The van der Waals surface area contributed by atoms with Gasteiger partial charge in [0.1, 0.15) is 0 Å². The summed E-state index contributed by atoms with van der Waals surface area (Å²) in [7, 11) is 0. The van der Waals surface area contributed by atoms with Crippen molar-refractivity contribution in [1.29, 1.82) is 0 Å². The van der Waals surface area contributed by atoms with Gasteiger partial charge in [0.15, 0.2) is 0 Å². The quantitative estimate of drug-likeness (QED) is 0.755. The van der Waals surface area contributed by atoms with Gasteiger partial charge < -0.3 is 4.42 Å². The second-order valence-electron chi connectivity index (χ2n) is 2.84. The molecule has 0 aromatic carbocycles. The van der Waals surface area contributed by atoms with Crippen LogP contribution in [-0.2, 0) is 12.8 Å². The molecule has 5 heteroatoms. The highest BCUT2D eigenvalue weighted by Crippen LogP contribution is 2.12. The fourth-order valence-corrected chi connectivity index (χ4v) is 1.94. The third kappa shape index (κ3) is 2.33. The van der Waals surface area contributed by atoms with Crippen molar-refractivity contribution in [2.24, 2.45) is 0 Å². The summed E-state index contributed by atoms with van der Waals surface area (Å²) in [5.41, 5.74) is 1.20. The largest absolute Gasteiger partial charge is 0.425 e. The van der Waals surface area contributed by atoms with E-state index in [4.69, 9.17) is 16.0 Å². The monoisotopic (exact) mass is 228 g/mol. The number of aromatic nitrogens is 2. The van der Waals surface area contributed by atoms with Crippen LogP contribution in [0.15, 0.2) is 21.2 Å². The van der Waals surface area contributed by atoms with Crippen LogP contribution in [0.4, 0.5) is 0 Å². The van der Waals surface area contributed by atoms with Gasteiger partial charge in [-0.05, 0) is 22.4 Å². The van der Waals surface area contributed by atoms with Gasteiger partial charge in [0, 0.05) is 12.3 Å². The average molecular weight is 229 g/mol. The van der Waals surface area contributed by atoms with Crippen LogP contribution < -0.4 is 0 Å². The van der Waals surface area contributed by atoms with E-state index in [-0.39, 0.29) is 0 Å². The van der Waals surface area contributed by atoms with Gasteiger partial charge in [-0.1, -0.05) is 0 Å². The Morgan fingerprint density at radius 2 is 2.21 bits per heavy atom. The second-order valence-corrected chi connectivity index (χ2v) is 3.99. The Morgan fingerprint density at radius 3 is 2.93 bits per heavy atom. The molecule has 0 radical (unpaired) electrons. The number of halogens is 1. The normalized spacial score (nSPS) is 10.6. The van der Waals surface area contributed by atoms with Crippen LogP contribution in [0.1, 0.15) is 17.3 Å². The molecule has 3 nitrogen and oxygen atoms in total. The summed E-state index contributed by atoms with van der Waals surface area (Å²) in [6.07, 6.45) is 1.34. The van der Waals surface area contributed by atoms with Crippen LogP contribution in [0.3, 0.4) is 0 Å². The van der Waals surface area contributed by atoms with Crippen molar-refractivity contribution < 1.29 is 4.42 Å². The summed E-state index contributed by atoms with van der Waals surface area (Å²) in [4.78, 5) is 0. The van der Waals surface area contributed by atoms with Crippen molar-refractivity contribution in [3.63, 3.8) is 0 Å². The smallest absolute Gasteiger partial charge is 0.220 e. The molecule has 2 aromatic rings. The number of rotatable bonds is 4. The van der Waals surface area contributed by atoms with E-state index in [1.165, 1.54) is 5.56 Å². The summed E-state index contributed by atoms with van der Waals surface area (Å²) in [5, 5.41) is 11.9. The van der Waals surface area contributed by atoms with Crippen molar-refractivity contribution in [1.82, 2.24) is 10.2 Å². The van der Waals surface area contributed by atoms with Gasteiger partial charge in [0.25, 0.3) is 0 Å². The molecule has 0 saturated heterocycles. The summed E-state index contributed by atoms with van der Waals surface area (Å²) in [5.74, 6) is 1.79. The lowest BCUT2D eigenvalue weighted by Crippen LogP contribution is -1.84. The summed E-state index contributed by atoms with van der Waals surface area (Å²) in [6, 6.07) is 2.05. The molecule has 0 amide bonds. The first-order valence-electron chi connectivity index (χ1n) is 4.27. The first-order chi connectivity index (χ1) is 6.88. The average Bonchev–Trinajstić information content (AvgIpc) is 2.79. The molecule has 0 bridgehead atoms. The number of alkyl halides is 1. The molecular formula is C9H9ClN2OS. The highest BCUT2D eigenvalue weighted by atomic mass is 35.5. The molecule has 2 rings (SSSR count). The molecule has 74 valence electrons. The minimum atomic E-state index is 0.514. The number of hydrogen-bond acceptors (Lipinski definition) is 4. The second kappa shape index (κ2) is 4.57. The van der Waals surface area contributed by atoms with E-state index in [1.54, 1.807) is 11.3 Å². The van der Waals surface area contributed by atoms with Gasteiger partial charge in [0.05, 0.1) is 6.42 Å². The third-order valence-corrected chi connectivity index (χ3v) is 2.67. The molecule has 2 aromatic heterocycles. The Morgan fingerprint density at radius 1 is 1.36 bits per heavy atom. The van der Waals surface area contributed by atoms with E-state index in [0.717, 1.165) is 0 Å². The number of hydrogen-bond donors (Lipinski definition) is 0. The standard InChI is InChI=1S/C9H9ClN2OS/c10-3-1-8-11-12-9(13-8)5-7-2-4-14-6-7/h2,4,6H,1,3,5H2. The predicted molar refractivity (Wildman–Crippen MR) is 55.8 cm³/mol. The maximum Gasteiger partial charge on any atom is 0.220 e. The Bertz CT molecular complexity index is 385. The highest BCUT2D eigenvalue weighted by Gasteiger charge is 2.06. The van der Waals surface area contributed by atoms with Crippen molar-refractivity contribution in [2.45, 2.75) is 12.8 Å². The molecule has 0 aliphatic heterocycles. The van der Waals surface area contributed by atoms with Crippen LogP contribution in [0.25, 0.3) is 0 Å². The van der Waals surface area contributed by atoms with Crippen LogP contribution in [0.2, 0.25) is 0 Å². The molecule has 14 heavy (non-hydrogen) atoms. The van der Waals surface area contributed by atoms with Gasteiger partial charge in [-0.3, -0.25) is 0 Å². The molecule has 0 saturated carbocycles. The predicted octanol–water partition coefficient (Wildman–Crippen LogP) is 2.50. The Kier molecular flexibility index (Phi) is 3.16. The van der Waals surface area contributed by atoms with E-state index < -0.39 is 0 Å². The van der Waals surface area contributed by atoms with Crippen molar-refractivity contribution in [2.75, 3.05) is 5.88 Å². The van der Waals surface area contributed by atoms with Crippen LogP contribution in [0.5, 0.6) is 0 Å². The minimum Gasteiger partial charge on any atom is -0.425 e. The lowest BCUT2D eigenvalue weighted by molar-refractivity contribution is 0.463. The third-order valence-electron chi connectivity index (χ3n) is 1.75. The van der Waals surface area contributed by atoms with E-state index in [2.05, 4.69) is 21.6 Å². The highest BCUT2D eigenvalue weighted by molar-refractivity contribution is 7.07. The van der Waals surface area contributed by atoms with Gasteiger partial charge in [-0.2, -0.15) is 11.3 Å². The van der Waals surface area contributed by atoms with Gasteiger partial charge in [-0.15, -0.1) is 21.8 Å². The maximum absolute atomic E-state index is 5.56. The van der Waals surface area contributed by atoms with Gasteiger partial charge in [0.2, 0.25) is 11.8 Å². The zero-order valence-electron chi connectivity index (χ0n) is 7.44. The number of aryl methyl sites for hydroxylation is 1. The molecule has 2 heterocycles. The van der Waals surface area contributed by atoms with Crippen molar-refractivity contribution >= 4 is 22.9 Å². The topological polar surface area (TPSA) is 38.9 Å². The van der Waals surface area contributed by atoms with Crippen LogP contribution in [-0.4, -0.2) is 16.1 Å². The Balaban J connectivity index is 2.03. The summed E-state index contributed by atoms with van der Waals surface area (Å²) in [6.45, 7) is 0. The lowest BCUT2D eigenvalue weighted by Gasteiger charge is -1.89. The minimum absolute atomic E-state index is 0.514. The fraction of sp³-hybridized carbons (Fsp3) is 0.333. The van der Waals surface area contributed by atoms with E-state index in [0.29, 0.717) is 30.5 Å². The molecule has 0 aliphatic carbocycles. The maximum atomic E-state index is 5.56. The van der Waals surface area contributed by atoms with Crippen molar-refractivity contribution in [3.05, 3.63) is 34.2 Å². The van der Waals surface area contributed by atoms with Crippen LogP contribution >= 0.6 is 22.9 Å². The van der Waals surface area contributed by atoms with Gasteiger partial charge >= 0.3 is 0 Å². The van der Waals surface area contributed by atoms with E-state index in [1.807, 2.05) is 5.38 Å². The van der Waals surface area contributed by atoms with Gasteiger partial charge in [-0.25, -0.2) is 0 Å². The summed E-state index contributed by atoms with van der Waals surface area (Å²) >= 11 is 7.23. The molecule has 0 N–H and O–H groups in total. The molecule has 0 aliphatic rings. The molecule has 0 fully saturated rings. The van der Waals surface area contributed by atoms with E-state index >= 15 is 0 Å². The molecule has 0 spiro atoms. The fourth-order valence-electron chi connectivity index (χ4n) is 1.11. The number of thiophene rings is 1. The zero-order chi connectivity index (χ0) is 9.80. The summed E-state index contributed by atoms with van der Waals surface area (Å²) < 4.78 is 5.40. The molecule has 0 atom stereocenters. The molecule has 0 unspecified atom stereocenters. The lowest BCUT2D eigenvalue weighted by atomic mass is 10.2. The zero-order valence-corrected chi connectivity index (χ0v) is 9.01. The SMILES string of the molecule is ClCCc1nnc(Cc2ccsc2)o1. The van der Waals surface area contributed by atoms with Crippen LogP contribution in [0, 0.1) is 0 Å². The van der Waals surface area contributed by atoms with E-state index in [9.17, 15) is 0 Å². The van der Waals surface area contributed by atoms with Crippen molar-refractivity contribution in [3.8, 4) is 0 Å².